The van der Waals surface area contributed by atoms with Gasteiger partial charge in [-0.2, -0.15) is 4.31 Å². The summed E-state index contributed by atoms with van der Waals surface area (Å²) in [5, 5.41) is 0. The molecule has 25 heavy (non-hydrogen) atoms. The number of hydrogen-bond donors (Lipinski definition) is 0. The molecule has 0 bridgehead atoms. The van der Waals surface area contributed by atoms with E-state index < -0.39 is 28.9 Å². The molecule has 140 valence electrons. The molecule has 0 atom stereocenters. The van der Waals surface area contributed by atoms with Gasteiger partial charge in [0.25, 0.3) is 12.3 Å². The molecule has 0 aliphatic carbocycles. The van der Waals surface area contributed by atoms with Crippen LogP contribution in [0.15, 0.2) is 29.2 Å². The molecule has 1 fully saturated rings. The van der Waals surface area contributed by atoms with Crippen molar-refractivity contribution in [2.45, 2.75) is 43.9 Å². The SMILES string of the molecule is CCCN(CC(F)F)C(=O)c1ccccc1S(=O)(=O)N1CCCCC1. The Balaban J connectivity index is 2.37. The lowest BCUT2D eigenvalue weighted by Gasteiger charge is -2.28. The van der Waals surface area contributed by atoms with Crippen LogP contribution in [0.25, 0.3) is 0 Å². The van der Waals surface area contributed by atoms with Crippen molar-refractivity contribution in [3.63, 3.8) is 0 Å². The second-order valence-electron chi connectivity index (χ2n) is 6.10. The Hall–Kier alpha value is -1.54. The Kier molecular flexibility index (Phi) is 6.89. The van der Waals surface area contributed by atoms with E-state index in [1.807, 2.05) is 0 Å². The summed E-state index contributed by atoms with van der Waals surface area (Å²) in [4.78, 5) is 13.7. The molecule has 1 amide bonds. The first-order chi connectivity index (χ1) is 11.9. The molecule has 8 heteroatoms. The average molecular weight is 374 g/mol. The monoisotopic (exact) mass is 374 g/mol. The average Bonchev–Trinajstić information content (AvgIpc) is 2.61. The molecule has 1 saturated heterocycles. The van der Waals surface area contributed by atoms with E-state index in [9.17, 15) is 22.0 Å². The van der Waals surface area contributed by atoms with Crippen LogP contribution < -0.4 is 0 Å². The lowest BCUT2D eigenvalue weighted by atomic mass is 10.2. The molecule has 1 aromatic carbocycles. The Morgan fingerprint density at radius 1 is 1.20 bits per heavy atom. The Labute approximate surface area is 147 Å². The third-order valence-electron chi connectivity index (χ3n) is 4.19. The van der Waals surface area contributed by atoms with Crippen molar-refractivity contribution in [3.05, 3.63) is 29.8 Å². The molecule has 1 aliphatic rings. The summed E-state index contributed by atoms with van der Waals surface area (Å²) in [5.74, 6) is -0.668. The summed E-state index contributed by atoms with van der Waals surface area (Å²) in [6.07, 6.45) is 0.386. The van der Waals surface area contributed by atoms with Gasteiger partial charge in [-0.05, 0) is 31.4 Å². The van der Waals surface area contributed by atoms with Crippen molar-refractivity contribution < 1.29 is 22.0 Å². The molecule has 0 unspecified atom stereocenters. The number of carbonyl (C=O) groups excluding carboxylic acids is 1. The van der Waals surface area contributed by atoms with E-state index in [0.29, 0.717) is 19.5 Å². The van der Waals surface area contributed by atoms with Crippen molar-refractivity contribution in [3.8, 4) is 0 Å². The summed E-state index contributed by atoms with van der Waals surface area (Å²) >= 11 is 0. The highest BCUT2D eigenvalue weighted by Crippen LogP contribution is 2.24. The molecular formula is C17H24F2N2O3S. The summed E-state index contributed by atoms with van der Waals surface area (Å²) in [6.45, 7) is 2.06. The number of carbonyl (C=O) groups is 1. The number of piperidine rings is 1. The molecule has 0 aromatic heterocycles. The van der Waals surface area contributed by atoms with Gasteiger partial charge in [0.15, 0.2) is 0 Å². The highest BCUT2D eigenvalue weighted by Gasteiger charge is 2.31. The Morgan fingerprint density at radius 2 is 1.84 bits per heavy atom. The fraction of sp³-hybridized carbons (Fsp3) is 0.588. The predicted molar refractivity (Wildman–Crippen MR) is 91.3 cm³/mol. The molecule has 0 spiro atoms. The molecule has 2 rings (SSSR count). The maximum Gasteiger partial charge on any atom is 0.255 e. The lowest BCUT2D eigenvalue weighted by molar-refractivity contribution is 0.0552. The second-order valence-corrected chi connectivity index (χ2v) is 8.01. The smallest absolute Gasteiger partial charge is 0.255 e. The lowest BCUT2D eigenvalue weighted by Crippen LogP contribution is -2.39. The zero-order valence-corrected chi connectivity index (χ0v) is 15.1. The number of halogens is 2. The number of benzene rings is 1. The minimum Gasteiger partial charge on any atom is -0.333 e. The number of sulfonamides is 1. The summed E-state index contributed by atoms with van der Waals surface area (Å²) < 4.78 is 52.8. The fourth-order valence-corrected chi connectivity index (χ4v) is 4.70. The van der Waals surface area contributed by atoms with Crippen LogP contribution in [0.4, 0.5) is 8.78 Å². The highest BCUT2D eigenvalue weighted by molar-refractivity contribution is 7.89. The first-order valence-corrected chi connectivity index (χ1v) is 9.98. The standard InChI is InChI=1S/C17H24F2N2O3S/c1-2-10-20(13-16(18)19)17(22)14-8-4-5-9-15(14)25(23,24)21-11-6-3-7-12-21/h4-5,8-9,16H,2-3,6-7,10-13H2,1H3. The van der Waals surface area contributed by atoms with Gasteiger partial charge < -0.3 is 4.90 Å². The van der Waals surface area contributed by atoms with E-state index in [-0.39, 0.29) is 17.0 Å². The van der Waals surface area contributed by atoms with Crippen molar-refractivity contribution in [2.75, 3.05) is 26.2 Å². The largest absolute Gasteiger partial charge is 0.333 e. The summed E-state index contributed by atoms with van der Waals surface area (Å²) in [6, 6.07) is 5.87. The molecule has 1 aromatic rings. The molecule has 0 saturated carbocycles. The van der Waals surface area contributed by atoms with E-state index in [1.165, 1.54) is 16.4 Å². The molecule has 1 aliphatic heterocycles. The molecular weight excluding hydrogens is 350 g/mol. The van der Waals surface area contributed by atoms with Gasteiger partial charge in [0.1, 0.15) is 0 Å². The van der Waals surface area contributed by atoms with Gasteiger partial charge in [-0.3, -0.25) is 4.79 Å². The minimum absolute atomic E-state index is 0.0397. The molecule has 0 radical (unpaired) electrons. The van der Waals surface area contributed by atoms with E-state index in [4.69, 9.17) is 0 Å². The fourth-order valence-electron chi connectivity index (χ4n) is 3.00. The van der Waals surface area contributed by atoms with Crippen LogP contribution in [0.2, 0.25) is 0 Å². The maximum absolute atomic E-state index is 12.9. The van der Waals surface area contributed by atoms with Crippen LogP contribution in [-0.4, -0.2) is 56.1 Å². The summed E-state index contributed by atoms with van der Waals surface area (Å²) in [7, 11) is -3.82. The van der Waals surface area contributed by atoms with Crippen LogP contribution in [0, 0.1) is 0 Å². The predicted octanol–water partition coefficient (Wildman–Crippen LogP) is 2.98. The van der Waals surface area contributed by atoms with Crippen molar-refractivity contribution in [2.24, 2.45) is 0 Å². The van der Waals surface area contributed by atoms with Crippen LogP contribution in [0.3, 0.4) is 0 Å². The first kappa shape index (κ1) is 19.8. The normalized spacial score (nSPS) is 16.2. The highest BCUT2D eigenvalue weighted by atomic mass is 32.2. The Bertz CT molecular complexity index is 689. The van der Waals surface area contributed by atoms with Gasteiger partial charge in [-0.25, -0.2) is 17.2 Å². The van der Waals surface area contributed by atoms with Crippen LogP contribution in [0.5, 0.6) is 0 Å². The van der Waals surface area contributed by atoms with Crippen LogP contribution in [-0.2, 0) is 10.0 Å². The van der Waals surface area contributed by atoms with Gasteiger partial charge >= 0.3 is 0 Å². The molecule has 5 nitrogen and oxygen atoms in total. The van der Waals surface area contributed by atoms with E-state index in [0.717, 1.165) is 24.2 Å². The first-order valence-electron chi connectivity index (χ1n) is 8.54. The quantitative estimate of drug-likeness (QED) is 0.737. The zero-order valence-electron chi connectivity index (χ0n) is 14.3. The molecule has 1 heterocycles. The van der Waals surface area contributed by atoms with Crippen molar-refractivity contribution in [1.82, 2.24) is 9.21 Å². The second kappa shape index (κ2) is 8.71. The Morgan fingerprint density at radius 3 is 2.44 bits per heavy atom. The van der Waals surface area contributed by atoms with Gasteiger partial charge in [-0.15, -0.1) is 0 Å². The van der Waals surface area contributed by atoms with E-state index in [1.54, 1.807) is 19.1 Å². The summed E-state index contributed by atoms with van der Waals surface area (Å²) in [5.41, 5.74) is -0.0397. The van der Waals surface area contributed by atoms with Crippen LogP contribution >= 0.6 is 0 Å². The van der Waals surface area contributed by atoms with E-state index >= 15 is 0 Å². The van der Waals surface area contributed by atoms with E-state index in [2.05, 4.69) is 0 Å². The third kappa shape index (κ3) is 4.76. The molecule has 0 N–H and O–H groups in total. The number of amides is 1. The minimum atomic E-state index is -3.82. The zero-order chi connectivity index (χ0) is 18.4. The van der Waals surface area contributed by atoms with Gasteiger partial charge in [-0.1, -0.05) is 25.5 Å². The maximum atomic E-state index is 12.9. The third-order valence-corrected chi connectivity index (χ3v) is 6.15. The van der Waals surface area contributed by atoms with Crippen molar-refractivity contribution >= 4 is 15.9 Å². The number of hydrogen-bond acceptors (Lipinski definition) is 3. The number of alkyl halides is 2. The van der Waals surface area contributed by atoms with Gasteiger partial charge in [0.05, 0.1) is 17.0 Å². The van der Waals surface area contributed by atoms with Crippen LogP contribution in [0.1, 0.15) is 43.0 Å². The number of nitrogens with zero attached hydrogens (tertiary/aromatic N) is 2. The number of rotatable bonds is 7. The van der Waals surface area contributed by atoms with Gasteiger partial charge in [0.2, 0.25) is 10.0 Å². The van der Waals surface area contributed by atoms with Crippen molar-refractivity contribution in [1.29, 1.82) is 0 Å². The topological polar surface area (TPSA) is 57.7 Å². The van der Waals surface area contributed by atoms with Gasteiger partial charge in [0, 0.05) is 19.6 Å².